The van der Waals surface area contributed by atoms with E-state index in [0.717, 1.165) is 10.5 Å². The molecular formula is C20H14BrN3O5. The molecule has 3 rings (SSSR count). The van der Waals surface area contributed by atoms with Gasteiger partial charge in [-0.1, -0.05) is 15.9 Å². The Morgan fingerprint density at radius 2 is 1.48 bits per heavy atom. The molecule has 29 heavy (non-hydrogen) atoms. The van der Waals surface area contributed by atoms with E-state index in [-0.39, 0.29) is 17.1 Å². The summed E-state index contributed by atoms with van der Waals surface area (Å²) in [7, 11) is 0. The third-order valence-electron chi connectivity index (χ3n) is 3.61. The number of carbonyl (C=O) groups is 2. The molecule has 0 saturated carbocycles. The highest BCUT2D eigenvalue weighted by atomic mass is 79.9. The normalized spacial score (nSPS) is 10.7. The maximum atomic E-state index is 12.0. The molecule has 3 aromatic rings. The maximum Gasteiger partial charge on any atom is 0.362 e. The molecule has 9 heteroatoms. The van der Waals surface area contributed by atoms with E-state index in [1.807, 2.05) is 0 Å². The van der Waals surface area contributed by atoms with Crippen LogP contribution < -0.4 is 5.48 Å². The van der Waals surface area contributed by atoms with Crippen LogP contribution >= 0.6 is 15.9 Å². The largest absolute Gasteiger partial charge is 0.508 e. The van der Waals surface area contributed by atoms with Crippen LogP contribution in [0.15, 0.2) is 81.4 Å². The zero-order chi connectivity index (χ0) is 20.8. The van der Waals surface area contributed by atoms with Crippen molar-refractivity contribution in [3.63, 3.8) is 0 Å². The monoisotopic (exact) mass is 455 g/mol. The van der Waals surface area contributed by atoms with Crippen molar-refractivity contribution in [2.45, 2.75) is 0 Å². The third-order valence-corrected chi connectivity index (χ3v) is 4.14. The van der Waals surface area contributed by atoms with Gasteiger partial charge in [0.1, 0.15) is 11.5 Å². The zero-order valence-corrected chi connectivity index (χ0v) is 16.3. The topological polar surface area (TPSA) is 121 Å². The number of rotatable bonds is 5. The summed E-state index contributed by atoms with van der Waals surface area (Å²) < 4.78 is 0.853. The second kappa shape index (κ2) is 8.98. The fraction of sp³-hybridized carbons (Fsp3) is 0. The molecule has 3 aromatic carbocycles. The Balaban J connectivity index is 1.58. The van der Waals surface area contributed by atoms with Crippen LogP contribution in [0.4, 0.5) is 11.4 Å². The van der Waals surface area contributed by atoms with Crippen molar-refractivity contribution in [1.29, 1.82) is 0 Å². The Hall–Kier alpha value is -3.72. The predicted octanol–water partition coefficient (Wildman–Crippen LogP) is 4.97. The van der Waals surface area contributed by atoms with E-state index >= 15 is 0 Å². The molecule has 0 aromatic heterocycles. The molecule has 0 saturated heterocycles. The molecule has 0 radical (unpaired) electrons. The smallest absolute Gasteiger partial charge is 0.362 e. The molecule has 8 nitrogen and oxygen atoms in total. The van der Waals surface area contributed by atoms with Crippen LogP contribution in [0.1, 0.15) is 20.7 Å². The first kappa shape index (κ1) is 20.0. The SMILES string of the molecule is O=C(N=Nc1ccc(NOC(=O)c2ccc(Br)cc2)cc1)c1cc(O)cc(O)c1. The predicted molar refractivity (Wildman–Crippen MR) is 108 cm³/mol. The van der Waals surface area contributed by atoms with Crippen molar-refractivity contribution < 1.29 is 24.6 Å². The van der Waals surface area contributed by atoms with Gasteiger partial charge in [0.25, 0.3) is 5.91 Å². The van der Waals surface area contributed by atoms with Crippen LogP contribution in [-0.2, 0) is 4.84 Å². The summed E-state index contributed by atoms with van der Waals surface area (Å²) in [5, 5.41) is 26.2. The number of benzene rings is 3. The molecule has 0 aliphatic rings. The van der Waals surface area contributed by atoms with E-state index in [2.05, 4.69) is 31.6 Å². The first-order valence-electron chi connectivity index (χ1n) is 8.22. The molecule has 0 fully saturated rings. The molecule has 3 N–H and O–H groups in total. The molecular weight excluding hydrogens is 442 g/mol. The molecule has 0 spiro atoms. The Morgan fingerprint density at radius 1 is 0.862 bits per heavy atom. The van der Waals surface area contributed by atoms with Gasteiger partial charge in [-0.15, -0.1) is 10.2 Å². The minimum absolute atomic E-state index is 0.00407. The minimum atomic E-state index is -0.721. The van der Waals surface area contributed by atoms with Crippen LogP contribution in [0, 0.1) is 0 Å². The number of hydrogen-bond acceptors (Lipinski definition) is 7. The van der Waals surface area contributed by atoms with Gasteiger partial charge in [0.05, 0.1) is 22.5 Å². The molecule has 0 aliphatic carbocycles. The van der Waals surface area contributed by atoms with Crippen LogP contribution in [0.5, 0.6) is 11.5 Å². The summed E-state index contributed by atoms with van der Waals surface area (Å²) in [6.45, 7) is 0. The van der Waals surface area contributed by atoms with Gasteiger partial charge in [-0.05, 0) is 60.7 Å². The first-order chi connectivity index (χ1) is 13.9. The quantitative estimate of drug-likeness (QED) is 0.368. The molecule has 1 amide bonds. The summed E-state index contributed by atoms with van der Waals surface area (Å²) in [5.74, 6) is -1.77. The van der Waals surface area contributed by atoms with E-state index in [9.17, 15) is 19.8 Å². The van der Waals surface area contributed by atoms with E-state index in [1.165, 1.54) is 12.1 Å². The average Bonchev–Trinajstić information content (AvgIpc) is 2.70. The number of aromatic hydroxyl groups is 2. The van der Waals surface area contributed by atoms with Crippen molar-refractivity contribution in [2.75, 3.05) is 5.48 Å². The fourth-order valence-electron chi connectivity index (χ4n) is 2.23. The summed E-state index contributed by atoms with van der Waals surface area (Å²) in [5.41, 5.74) is 3.81. The number of amides is 1. The Morgan fingerprint density at radius 3 is 2.10 bits per heavy atom. The van der Waals surface area contributed by atoms with Crippen LogP contribution in [0.25, 0.3) is 0 Å². The minimum Gasteiger partial charge on any atom is -0.508 e. The number of phenols is 2. The summed E-state index contributed by atoms with van der Waals surface area (Å²) in [6, 6.07) is 16.5. The maximum absolute atomic E-state index is 12.0. The van der Waals surface area contributed by atoms with Crippen LogP contribution in [-0.4, -0.2) is 22.1 Å². The van der Waals surface area contributed by atoms with Crippen molar-refractivity contribution in [1.82, 2.24) is 0 Å². The van der Waals surface area contributed by atoms with Gasteiger partial charge in [0, 0.05) is 10.5 Å². The number of hydrogen-bond donors (Lipinski definition) is 3. The van der Waals surface area contributed by atoms with Crippen molar-refractivity contribution >= 4 is 39.2 Å². The van der Waals surface area contributed by atoms with E-state index in [1.54, 1.807) is 48.5 Å². The molecule has 146 valence electrons. The second-order valence-corrected chi connectivity index (χ2v) is 6.70. The number of azo groups is 1. The van der Waals surface area contributed by atoms with Gasteiger partial charge < -0.3 is 15.1 Å². The van der Waals surface area contributed by atoms with Crippen LogP contribution in [0.3, 0.4) is 0 Å². The average molecular weight is 456 g/mol. The first-order valence-corrected chi connectivity index (χ1v) is 9.02. The lowest BCUT2D eigenvalue weighted by Crippen LogP contribution is -2.10. The highest BCUT2D eigenvalue weighted by Crippen LogP contribution is 2.22. The van der Waals surface area contributed by atoms with Crippen molar-refractivity contribution in [3.8, 4) is 11.5 Å². The lowest BCUT2D eigenvalue weighted by molar-refractivity contribution is 0.0596. The molecule has 0 aliphatic heterocycles. The second-order valence-electron chi connectivity index (χ2n) is 5.79. The highest BCUT2D eigenvalue weighted by molar-refractivity contribution is 9.10. The Bertz CT molecular complexity index is 1050. The van der Waals surface area contributed by atoms with E-state index < -0.39 is 11.9 Å². The number of nitrogens with zero attached hydrogens (tertiary/aromatic N) is 2. The van der Waals surface area contributed by atoms with E-state index in [0.29, 0.717) is 16.9 Å². The number of anilines is 1. The molecule has 0 atom stereocenters. The lowest BCUT2D eigenvalue weighted by Gasteiger charge is -2.07. The number of phenolic OH excluding ortho intramolecular Hbond substituents is 2. The molecule has 0 bridgehead atoms. The molecule has 0 unspecified atom stereocenters. The summed E-state index contributed by atoms with van der Waals surface area (Å²) >= 11 is 3.29. The Labute approximate surface area is 173 Å². The molecule has 0 heterocycles. The van der Waals surface area contributed by atoms with Gasteiger partial charge in [-0.25, -0.2) is 10.3 Å². The number of halogens is 1. The Kier molecular flexibility index (Phi) is 6.20. The lowest BCUT2D eigenvalue weighted by atomic mass is 10.2. The fourth-order valence-corrected chi connectivity index (χ4v) is 2.49. The van der Waals surface area contributed by atoms with E-state index in [4.69, 9.17) is 4.84 Å². The standard InChI is InChI=1S/C20H14BrN3O5/c21-14-3-1-12(2-4-14)20(28)29-24-16-7-5-15(6-8-16)22-23-19(27)13-9-17(25)11-18(26)10-13/h1-11,24-26H. The zero-order valence-electron chi connectivity index (χ0n) is 14.7. The van der Waals surface area contributed by atoms with Gasteiger partial charge in [-0.2, -0.15) is 0 Å². The van der Waals surface area contributed by atoms with Gasteiger partial charge in [0.2, 0.25) is 0 Å². The third kappa shape index (κ3) is 5.63. The van der Waals surface area contributed by atoms with Crippen molar-refractivity contribution in [2.24, 2.45) is 10.2 Å². The van der Waals surface area contributed by atoms with Crippen molar-refractivity contribution in [3.05, 3.63) is 82.3 Å². The summed E-state index contributed by atoms with van der Waals surface area (Å²) in [6.07, 6.45) is 0. The highest BCUT2D eigenvalue weighted by Gasteiger charge is 2.09. The van der Waals surface area contributed by atoms with Gasteiger partial charge >= 0.3 is 5.97 Å². The van der Waals surface area contributed by atoms with Gasteiger partial charge in [0.15, 0.2) is 0 Å². The number of carbonyl (C=O) groups excluding carboxylic acids is 2. The van der Waals surface area contributed by atoms with Crippen LogP contribution in [0.2, 0.25) is 0 Å². The van der Waals surface area contributed by atoms with Gasteiger partial charge in [-0.3, -0.25) is 4.79 Å². The summed E-state index contributed by atoms with van der Waals surface area (Å²) in [4.78, 5) is 28.9. The number of nitrogens with one attached hydrogen (secondary N) is 1.